The van der Waals surface area contributed by atoms with Gasteiger partial charge >= 0.3 is 5.97 Å². The lowest BCUT2D eigenvalue weighted by atomic mass is 10.2. The van der Waals surface area contributed by atoms with Crippen LogP contribution in [-0.2, 0) is 14.8 Å². The SMILES string of the molecule is Cc1cc([N+](=O)[O-])ccc1S(=O)(=O)N1CCC[C@H]1C(=O)O. The second kappa shape index (κ2) is 5.41. The molecule has 1 N–H and O–H groups in total. The number of sulfonamides is 1. The molecular formula is C12H14N2O6S. The van der Waals surface area contributed by atoms with E-state index in [1.807, 2.05) is 0 Å². The Hall–Kier alpha value is -2.00. The van der Waals surface area contributed by atoms with Crippen LogP contribution in [0.25, 0.3) is 0 Å². The van der Waals surface area contributed by atoms with Crippen LogP contribution in [-0.4, -0.2) is 41.3 Å². The summed E-state index contributed by atoms with van der Waals surface area (Å²) in [5, 5.41) is 19.8. The molecule has 0 radical (unpaired) electrons. The van der Waals surface area contributed by atoms with Gasteiger partial charge in [-0.2, -0.15) is 4.31 Å². The van der Waals surface area contributed by atoms with Crippen molar-refractivity contribution >= 4 is 21.7 Å². The minimum atomic E-state index is -3.98. The lowest BCUT2D eigenvalue weighted by Gasteiger charge is -2.21. The summed E-state index contributed by atoms with van der Waals surface area (Å²) in [7, 11) is -3.98. The zero-order chi connectivity index (χ0) is 15.8. The largest absolute Gasteiger partial charge is 0.480 e. The van der Waals surface area contributed by atoms with E-state index in [0.717, 1.165) is 16.4 Å². The molecule has 1 aliphatic heterocycles. The van der Waals surface area contributed by atoms with Crippen LogP contribution in [0.1, 0.15) is 18.4 Å². The Kier molecular flexibility index (Phi) is 3.97. The van der Waals surface area contributed by atoms with E-state index in [2.05, 4.69) is 0 Å². The molecule has 0 aromatic heterocycles. The molecule has 2 rings (SSSR count). The van der Waals surface area contributed by atoms with Gasteiger partial charge in [-0.15, -0.1) is 0 Å². The lowest BCUT2D eigenvalue weighted by Crippen LogP contribution is -2.40. The molecule has 21 heavy (non-hydrogen) atoms. The van der Waals surface area contributed by atoms with E-state index in [-0.39, 0.29) is 29.1 Å². The van der Waals surface area contributed by atoms with E-state index in [4.69, 9.17) is 5.11 Å². The second-order valence-corrected chi connectivity index (χ2v) is 6.68. The van der Waals surface area contributed by atoms with E-state index >= 15 is 0 Å². The third-order valence-electron chi connectivity index (χ3n) is 3.44. The number of non-ortho nitro benzene ring substituents is 1. The van der Waals surface area contributed by atoms with Crippen LogP contribution >= 0.6 is 0 Å². The van der Waals surface area contributed by atoms with E-state index in [9.17, 15) is 23.3 Å². The molecule has 1 saturated heterocycles. The summed E-state index contributed by atoms with van der Waals surface area (Å²) < 4.78 is 26.0. The predicted octanol–water partition coefficient (Wildman–Crippen LogP) is 1.14. The quantitative estimate of drug-likeness (QED) is 0.657. The number of carboxylic acids is 1. The van der Waals surface area contributed by atoms with Gasteiger partial charge in [-0.25, -0.2) is 8.42 Å². The third kappa shape index (κ3) is 2.74. The summed E-state index contributed by atoms with van der Waals surface area (Å²) in [6.07, 6.45) is 0.739. The molecule has 1 fully saturated rings. The number of rotatable bonds is 4. The number of aryl methyl sites for hydroxylation is 1. The average Bonchev–Trinajstić information content (AvgIpc) is 2.88. The Morgan fingerprint density at radius 1 is 1.48 bits per heavy atom. The summed E-state index contributed by atoms with van der Waals surface area (Å²) in [4.78, 5) is 21.1. The minimum absolute atomic E-state index is 0.0961. The summed E-state index contributed by atoms with van der Waals surface area (Å²) in [6.45, 7) is 1.58. The van der Waals surface area contributed by atoms with Crippen molar-refractivity contribution in [2.45, 2.75) is 30.7 Å². The van der Waals surface area contributed by atoms with Gasteiger partial charge in [-0.3, -0.25) is 14.9 Å². The summed E-state index contributed by atoms with van der Waals surface area (Å²) >= 11 is 0. The van der Waals surface area contributed by atoms with Crippen LogP contribution in [0.5, 0.6) is 0 Å². The van der Waals surface area contributed by atoms with E-state index in [0.29, 0.717) is 6.42 Å². The maximum atomic E-state index is 12.5. The molecule has 1 aromatic carbocycles. The highest BCUT2D eigenvalue weighted by Gasteiger charge is 2.40. The molecule has 9 heteroatoms. The molecule has 0 aliphatic carbocycles. The fourth-order valence-corrected chi connectivity index (χ4v) is 4.30. The van der Waals surface area contributed by atoms with Gasteiger partial charge in [0.25, 0.3) is 5.69 Å². The molecule has 1 atom stereocenters. The van der Waals surface area contributed by atoms with Gasteiger partial charge in [-0.05, 0) is 31.4 Å². The standard InChI is InChI=1S/C12H14N2O6S/c1-8-7-9(14(17)18)4-5-11(8)21(19,20)13-6-2-3-10(13)12(15)16/h4-5,7,10H,2-3,6H2,1H3,(H,15,16)/t10-/m0/s1. The fraction of sp³-hybridized carbons (Fsp3) is 0.417. The van der Waals surface area contributed by atoms with Crippen molar-refractivity contribution < 1.29 is 23.2 Å². The number of carboxylic acid groups (broad SMARTS) is 1. The van der Waals surface area contributed by atoms with Crippen LogP contribution in [0.2, 0.25) is 0 Å². The molecule has 8 nitrogen and oxygen atoms in total. The van der Waals surface area contributed by atoms with Gasteiger partial charge in [0, 0.05) is 18.7 Å². The summed E-state index contributed by atoms with van der Waals surface area (Å²) in [6, 6.07) is 2.34. The first-order valence-electron chi connectivity index (χ1n) is 6.25. The van der Waals surface area contributed by atoms with Crippen molar-refractivity contribution in [3.63, 3.8) is 0 Å². The first-order valence-corrected chi connectivity index (χ1v) is 7.69. The topological polar surface area (TPSA) is 118 Å². The van der Waals surface area contributed by atoms with Crippen LogP contribution in [0, 0.1) is 17.0 Å². The van der Waals surface area contributed by atoms with Crippen LogP contribution < -0.4 is 0 Å². The molecular weight excluding hydrogens is 300 g/mol. The number of nitrogens with zero attached hydrogens (tertiary/aromatic N) is 2. The van der Waals surface area contributed by atoms with Gasteiger partial charge in [-0.1, -0.05) is 0 Å². The molecule has 1 heterocycles. The van der Waals surface area contributed by atoms with E-state index < -0.39 is 27.0 Å². The predicted molar refractivity (Wildman–Crippen MR) is 72.4 cm³/mol. The number of nitro groups is 1. The molecule has 0 spiro atoms. The molecule has 1 aliphatic rings. The van der Waals surface area contributed by atoms with Gasteiger partial charge in [0.05, 0.1) is 9.82 Å². The Labute approximate surface area is 121 Å². The van der Waals surface area contributed by atoms with Crippen molar-refractivity contribution in [3.8, 4) is 0 Å². The first-order chi connectivity index (χ1) is 9.75. The van der Waals surface area contributed by atoms with Crippen LogP contribution in [0.3, 0.4) is 0 Å². The molecule has 0 amide bonds. The van der Waals surface area contributed by atoms with Crippen molar-refractivity contribution in [1.29, 1.82) is 0 Å². The van der Waals surface area contributed by atoms with Crippen LogP contribution in [0.15, 0.2) is 23.1 Å². The lowest BCUT2D eigenvalue weighted by molar-refractivity contribution is -0.385. The highest BCUT2D eigenvalue weighted by molar-refractivity contribution is 7.89. The zero-order valence-corrected chi connectivity index (χ0v) is 12.0. The Bertz CT molecular complexity index is 700. The Morgan fingerprint density at radius 3 is 2.67 bits per heavy atom. The smallest absolute Gasteiger partial charge is 0.322 e. The highest BCUT2D eigenvalue weighted by atomic mass is 32.2. The normalized spacial score (nSPS) is 19.6. The maximum Gasteiger partial charge on any atom is 0.322 e. The number of carbonyl (C=O) groups is 1. The molecule has 1 aromatic rings. The number of aliphatic carboxylic acids is 1. The fourth-order valence-electron chi connectivity index (χ4n) is 2.44. The molecule has 0 saturated carbocycles. The van der Waals surface area contributed by atoms with Crippen molar-refractivity contribution in [2.75, 3.05) is 6.54 Å². The monoisotopic (exact) mass is 314 g/mol. The van der Waals surface area contributed by atoms with Gasteiger partial charge < -0.3 is 5.11 Å². The van der Waals surface area contributed by atoms with Gasteiger partial charge in [0.15, 0.2) is 0 Å². The Morgan fingerprint density at radius 2 is 2.14 bits per heavy atom. The number of benzene rings is 1. The van der Waals surface area contributed by atoms with Crippen molar-refractivity contribution in [1.82, 2.24) is 4.31 Å². The summed E-state index contributed by atoms with van der Waals surface area (Å²) in [5.74, 6) is -1.18. The van der Waals surface area contributed by atoms with E-state index in [1.165, 1.54) is 13.0 Å². The molecule has 0 unspecified atom stereocenters. The second-order valence-electron chi connectivity index (χ2n) is 4.82. The minimum Gasteiger partial charge on any atom is -0.480 e. The van der Waals surface area contributed by atoms with Gasteiger partial charge in [0.1, 0.15) is 6.04 Å². The maximum absolute atomic E-state index is 12.5. The number of hydrogen-bond acceptors (Lipinski definition) is 5. The van der Waals surface area contributed by atoms with E-state index in [1.54, 1.807) is 0 Å². The highest BCUT2D eigenvalue weighted by Crippen LogP contribution is 2.29. The molecule has 114 valence electrons. The summed E-state index contributed by atoms with van der Waals surface area (Å²) in [5.41, 5.74) is 0.0166. The first kappa shape index (κ1) is 15.4. The van der Waals surface area contributed by atoms with Crippen molar-refractivity contribution in [2.24, 2.45) is 0 Å². The van der Waals surface area contributed by atoms with Crippen LogP contribution in [0.4, 0.5) is 5.69 Å². The Balaban J connectivity index is 2.45. The zero-order valence-electron chi connectivity index (χ0n) is 11.2. The number of nitro benzene ring substituents is 1. The molecule has 0 bridgehead atoms. The van der Waals surface area contributed by atoms with Crippen molar-refractivity contribution in [3.05, 3.63) is 33.9 Å². The average molecular weight is 314 g/mol. The van der Waals surface area contributed by atoms with Gasteiger partial charge in [0.2, 0.25) is 10.0 Å². The third-order valence-corrected chi connectivity index (χ3v) is 5.51. The number of hydrogen-bond donors (Lipinski definition) is 1.